The number of nitrogens with one attached hydrogen (secondary N) is 1. The van der Waals surface area contributed by atoms with Gasteiger partial charge in [0.2, 0.25) is 0 Å². The van der Waals surface area contributed by atoms with Crippen LogP contribution in [0.15, 0.2) is 82.7 Å². The summed E-state index contributed by atoms with van der Waals surface area (Å²) in [6.45, 7) is 0.430. The van der Waals surface area contributed by atoms with Gasteiger partial charge in [-0.15, -0.1) is 0 Å². The quantitative estimate of drug-likeness (QED) is 0.535. The van der Waals surface area contributed by atoms with E-state index in [2.05, 4.69) is 10.3 Å². The molecule has 1 aliphatic heterocycles. The zero-order valence-corrected chi connectivity index (χ0v) is 17.5. The van der Waals surface area contributed by atoms with Crippen molar-refractivity contribution in [2.45, 2.75) is 6.61 Å². The molecule has 3 aromatic carbocycles. The maximum atomic E-state index is 13.0. The molecule has 1 fully saturated rings. The van der Waals surface area contributed by atoms with E-state index >= 15 is 0 Å². The number of amidine groups is 1. The van der Waals surface area contributed by atoms with Crippen LogP contribution in [-0.2, 0) is 11.4 Å². The number of halogens is 1. The molecule has 0 spiro atoms. The Kier molecular flexibility index (Phi) is 6.33. The molecule has 0 radical (unpaired) electrons. The summed E-state index contributed by atoms with van der Waals surface area (Å²) in [6, 6.07) is 21.1. The van der Waals surface area contributed by atoms with Crippen molar-refractivity contribution in [3.63, 3.8) is 0 Å². The molecule has 7 heteroatoms. The summed E-state index contributed by atoms with van der Waals surface area (Å²) in [7, 11) is 1.58. The number of ether oxygens (including phenoxy) is 2. The van der Waals surface area contributed by atoms with Gasteiger partial charge in [0.1, 0.15) is 12.4 Å². The topological polar surface area (TPSA) is 59.9 Å². The van der Waals surface area contributed by atoms with Crippen LogP contribution in [0.1, 0.15) is 11.1 Å². The van der Waals surface area contributed by atoms with Crippen LogP contribution in [0.2, 0.25) is 0 Å². The highest BCUT2D eigenvalue weighted by atomic mass is 32.2. The predicted octanol–water partition coefficient (Wildman–Crippen LogP) is 5.30. The van der Waals surface area contributed by atoms with Gasteiger partial charge in [0.05, 0.1) is 17.7 Å². The molecule has 1 aliphatic rings. The molecule has 156 valence electrons. The van der Waals surface area contributed by atoms with Crippen molar-refractivity contribution in [3.8, 4) is 11.5 Å². The van der Waals surface area contributed by atoms with Gasteiger partial charge >= 0.3 is 0 Å². The number of methoxy groups -OCH3 is 1. The number of hydrogen-bond acceptors (Lipinski definition) is 5. The second-order valence-electron chi connectivity index (χ2n) is 6.64. The number of aliphatic imine (C=N–C) groups is 1. The van der Waals surface area contributed by atoms with Gasteiger partial charge in [-0.25, -0.2) is 9.38 Å². The van der Waals surface area contributed by atoms with Crippen LogP contribution in [-0.4, -0.2) is 18.2 Å². The lowest BCUT2D eigenvalue weighted by Gasteiger charge is -2.11. The van der Waals surface area contributed by atoms with E-state index in [-0.39, 0.29) is 11.7 Å². The van der Waals surface area contributed by atoms with Gasteiger partial charge in [-0.3, -0.25) is 4.79 Å². The number of carbonyl (C=O) groups excluding carboxylic acids is 1. The van der Waals surface area contributed by atoms with Crippen molar-refractivity contribution in [1.82, 2.24) is 5.32 Å². The number of nitrogens with zero attached hydrogens (tertiary/aromatic N) is 1. The predicted molar refractivity (Wildman–Crippen MR) is 121 cm³/mol. The summed E-state index contributed by atoms with van der Waals surface area (Å²) >= 11 is 1.22. The summed E-state index contributed by atoms with van der Waals surface area (Å²) in [4.78, 5) is 17.2. The normalized spacial score (nSPS) is 15.9. The monoisotopic (exact) mass is 434 g/mol. The summed E-state index contributed by atoms with van der Waals surface area (Å²) in [6.07, 6.45) is 1.76. The lowest BCUT2D eigenvalue weighted by Crippen LogP contribution is -2.19. The molecule has 3 aromatic rings. The highest BCUT2D eigenvalue weighted by Gasteiger charge is 2.24. The molecule has 0 unspecified atom stereocenters. The molecule has 0 atom stereocenters. The number of amides is 1. The Morgan fingerprint density at radius 2 is 1.81 bits per heavy atom. The smallest absolute Gasteiger partial charge is 0.264 e. The Morgan fingerprint density at radius 3 is 2.55 bits per heavy atom. The van der Waals surface area contributed by atoms with Gasteiger partial charge in [-0.05, 0) is 65.4 Å². The summed E-state index contributed by atoms with van der Waals surface area (Å²) < 4.78 is 24.4. The Morgan fingerprint density at radius 1 is 1.03 bits per heavy atom. The van der Waals surface area contributed by atoms with Gasteiger partial charge in [-0.2, -0.15) is 0 Å². The van der Waals surface area contributed by atoms with Crippen molar-refractivity contribution in [1.29, 1.82) is 0 Å². The van der Waals surface area contributed by atoms with E-state index in [1.807, 2.05) is 48.5 Å². The Balaban J connectivity index is 1.48. The number of rotatable bonds is 6. The molecular weight excluding hydrogens is 415 g/mol. The molecule has 0 bridgehead atoms. The number of hydrogen-bond donors (Lipinski definition) is 1. The summed E-state index contributed by atoms with van der Waals surface area (Å²) in [5.74, 6) is 0.622. The second-order valence-corrected chi connectivity index (χ2v) is 7.67. The zero-order chi connectivity index (χ0) is 21.6. The van der Waals surface area contributed by atoms with E-state index in [0.29, 0.717) is 33.9 Å². The summed E-state index contributed by atoms with van der Waals surface area (Å²) in [5.41, 5.74) is 2.42. The van der Waals surface area contributed by atoms with E-state index in [9.17, 15) is 9.18 Å². The maximum absolute atomic E-state index is 13.0. The minimum atomic E-state index is -0.335. The van der Waals surface area contributed by atoms with E-state index in [0.717, 1.165) is 11.1 Å². The molecule has 0 saturated carbocycles. The molecule has 0 aliphatic carbocycles. The van der Waals surface area contributed by atoms with Crippen LogP contribution in [0.5, 0.6) is 11.5 Å². The van der Waals surface area contributed by atoms with Gasteiger partial charge < -0.3 is 14.8 Å². The van der Waals surface area contributed by atoms with E-state index in [4.69, 9.17) is 9.47 Å². The third kappa shape index (κ3) is 5.32. The number of benzene rings is 3. The van der Waals surface area contributed by atoms with Crippen LogP contribution in [0.3, 0.4) is 0 Å². The summed E-state index contributed by atoms with van der Waals surface area (Å²) in [5, 5.41) is 3.16. The van der Waals surface area contributed by atoms with Crippen LogP contribution in [0, 0.1) is 5.82 Å². The van der Waals surface area contributed by atoms with Gasteiger partial charge in [-0.1, -0.05) is 36.4 Å². The highest BCUT2D eigenvalue weighted by Crippen LogP contribution is 2.32. The Bertz CT molecular complexity index is 1150. The van der Waals surface area contributed by atoms with E-state index < -0.39 is 0 Å². The van der Waals surface area contributed by atoms with Gasteiger partial charge in [0.15, 0.2) is 16.7 Å². The second kappa shape index (κ2) is 9.49. The maximum Gasteiger partial charge on any atom is 0.264 e. The Hall–Kier alpha value is -3.58. The molecule has 0 aromatic heterocycles. The third-order valence-corrected chi connectivity index (χ3v) is 5.34. The molecule has 1 N–H and O–H groups in total. The first-order valence-corrected chi connectivity index (χ1v) is 10.3. The third-order valence-electron chi connectivity index (χ3n) is 4.43. The van der Waals surface area contributed by atoms with Crippen molar-refractivity contribution < 1.29 is 18.7 Å². The fraction of sp³-hybridized carbons (Fsp3) is 0.0833. The zero-order valence-electron chi connectivity index (χ0n) is 16.7. The van der Waals surface area contributed by atoms with Gasteiger partial charge in [0.25, 0.3) is 5.91 Å². The lowest BCUT2D eigenvalue weighted by atomic mass is 10.2. The van der Waals surface area contributed by atoms with Crippen molar-refractivity contribution >= 4 is 34.6 Å². The van der Waals surface area contributed by atoms with Crippen LogP contribution >= 0.6 is 11.8 Å². The minimum absolute atomic E-state index is 0.241. The van der Waals surface area contributed by atoms with Crippen molar-refractivity contribution in [2.24, 2.45) is 4.99 Å². The fourth-order valence-electron chi connectivity index (χ4n) is 2.89. The molecule has 31 heavy (non-hydrogen) atoms. The molecule has 1 saturated heterocycles. The van der Waals surface area contributed by atoms with Crippen molar-refractivity contribution in [2.75, 3.05) is 7.11 Å². The largest absolute Gasteiger partial charge is 0.493 e. The van der Waals surface area contributed by atoms with E-state index in [1.54, 1.807) is 25.3 Å². The molecule has 1 heterocycles. The highest BCUT2D eigenvalue weighted by molar-refractivity contribution is 8.18. The van der Waals surface area contributed by atoms with E-state index in [1.165, 1.54) is 23.9 Å². The standard InChI is InChI=1S/C24H19FN2O3S/c1-29-21-13-17(7-12-20(21)30-15-16-5-3-2-4-6-16)14-22-23(28)27-24(31-22)26-19-10-8-18(25)9-11-19/h2-14H,15H2,1H3,(H,26,27,28)/b22-14+. The first-order chi connectivity index (χ1) is 15.1. The van der Waals surface area contributed by atoms with Crippen molar-refractivity contribution in [3.05, 3.63) is 94.6 Å². The van der Waals surface area contributed by atoms with Crippen LogP contribution in [0.25, 0.3) is 6.08 Å². The average Bonchev–Trinajstić information content (AvgIpc) is 3.13. The fourth-order valence-corrected chi connectivity index (χ4v) is 3.74. The number of thioether (sulfide) groups is 1. The molecule has 5 nitrogen and oxygen atoms in total. The first kappa shape index (κ1) is 20.7. The minimum Gasteiger partial charge on any atom is -0.493 e. The average molecular weight is 434 g/mol. The molecule has 1 amide bonds. The lowest BCUT2D eigenvalue weighted by molar-refractivity contribution is -0.115. The number of carbonyl (C=O) groups is 1. The van der Waals surface area contributed by atoms with Gasteiger partial charge in [0, 0.05) is 0 Å². The van der Waals surface area contributed by atoms with Crippen LogP contribution < -0.4 is 14.8 Å². The Labute approximate surface area is 183 Å². The van der Waals surface area contributed by atoms with Crippen LogP contribution in [0.4, 0.5) is 10.1 Å². The SMILES string of the molecule is COc1cc(/C=C2/SC(=Nc3ccc(F)cc3)NC2=O)ccc1OCc1ccccc1. The molecular formula is C24H19FN2O3S. The first-order valence-electron chi connectivity index (χ1n) is 9.50. The molecule has 4 rings (SSSR count).